The molecule has 1 fully saturated rings. The van der Waals surface area contributed by atoms with E-state index in [1.165, 1.54) is 6.20 Å². The van der Waals surface area contributed by atoms with Crippen molar-refractivity contribution in [2.45, 2.75) is 6.04 Å². The molecule has 1 aliphatic heterocycles. The highest BCUT2D eigenvalue weighted by Gasteiger charge is 2.31. The smallest absolute Gasteiger partial charge is 0.231 e. The molecule has 0 aliphatic carbocycles. The van der Waals surface area contributed by atoms with E-state index >= 15 is 0 Å². The van der Waals surface area contributed by atoms with Crippen molar-refractivity contribution in [3.63, 3.8) is 0 Å². The molecule has 3 N–H and O–H groups in total. The molecule has 0 radical (unpaired) electrons. The highest BCUT2D eigenvalue weighted by molar-refractivity contribution is 9.10. The highest BCUT2D eigenvalue weighted by Crippen LogP contribution is 2.23. The number of nitrogens with one attached hydrogen (secondary N) is 1. The minimum atomic E-state index is -0.315. The molecule has 2 atom stereocenters. The third-order valence-electron chi connectivity index (χ3n) is 2.53. The summed E-state index contributed by atoms with van der Waals surface area (Å²) in [7, 11) is 0. The van der Waals surface area contributed by atoms with Gasteiger partial charge in [0, 0.05) is 6.04 Å². The van der Waals surface area contributed by atoms with Crippen LogP contribution in [0.15, 0.2) is 16.7 Å². The fraction of sp³-hybridized carbons (Fsp3) is 0.400. The maximum Gasteiger partial charge on any atom is 0.231 e. The average molecular weight is 321 g/mol. The van der Waals surface area contributed by atoms with Gasteiger partial charge in [0.1, 0.15) is 5.15 Å². The molecule has 0 spiro atoms. The Hall–Kier alpha value is -0.690. The first-order valence-corrected chi connectivity index (χ1v) is 6.20. The van der Waals surface area contributed by atoms with Crippen LogP contribution in [0.1, 0.15) is 0 Å². The zero-order valence-corrected chi connectivity index (χ0v) is 11.2. The van der Waals surface area contributed by atoms with Gasteiger partial charge in [0.05, 0.1) is 35.5 Å². The molecule has 7 heteroatoms. The van der Waals surface area contributed by atoms with E-state index in [0.717, 1.165) is 0 Å². The second-order valence-electron chi connectivity index (χ2n) is 3.79. The Bertz CT molecular complexity index is 444. The van der Waals surface area contributed by atoms with Crippen LogP contribution in [0.5, 0.6) is 0 Å². The van der Waals surface area contributed by atoms with Crippen molar-refractivity contribution in [3.05, 3.63) is 21.9 Å². The van der Waals surface area contributed by atoms with E-state index < -0.39 is 0 Å². The predicted molar refractivity (Wildman–Crippen MR) is 67.9 cm³/mol. The maximum absolute atomic E-state index is 11.9. The lowest BCUT2D eigenvalue weighted by molar-refractivity contribution is -0.120. The summed E-state index contributed by atoms with van der Waals surface area (Å²) in [6.45, 7) is 0.774. The predicted octanol–water partition coefficient (Wildman–Crippen LogP) is 1.41. The van der Waals surface area contributed by atoms with Crippen molar-refractivity contribution < 1.29 is 9.53 Å². The number of carbonyl (C=O) groups excluding carboxylic acids is 1. The van der Waals surface area contributed by atoms with Crippen LogP contribution in [0.4, 0.5) is 5.69 Å². The zero-order valence-electron chi connectivity index (χ0n) is 8.82. The number of amides is 1. The molecule has 0 bridgehead atoms. The van der Waals surface area contributed by atoms with Gasteiger partial charge in [-0.3, -0.25) is 4.79 Å². The van der Waals surface area contributed by atoms with Crippen LogP contribution in [0, 0.1) is 5.92 Å². The summed E-state index contributed by atoms with van der Waals surface area (Å²) in [6.07, 6.45) is 1.49. The molecule has 0 saturated carbocycles. The topological polar surface area (TPSA) is 77.2 Å². The minimum Gasteiger partial charge on any atom is -0.379 e. The van der Waals surface area contributed by atoms with E-state index in [9.17, 15) is 4.79 Å². The van der Waals surface area contributed by atoms with Crippen LogP contribution in [-0.4, -0.2) is 30.1 Å². The monoisotopic (exact) mass is 319 g/mol. The third-order valence-corrected chi connectivity index (χ3v) is 3.66. The standard InChI is InChI=1S/C10H11BrClN3O2/c11-7-1-5(2-14-9(7)12)15-10(16)6-3-17-4-8(6)13/h1-2,6,8H,3-4,13H2,(H,15,16). The summed E-state index contributed by atoms with van der Waals surface area (Å²) in [6, 6.07) is 1.44. The normalized spacial score (nSPS) is 23.7. The van der Waals surface area contributed by atoms with Crippen molar-refractivity contribution in [1.82, 2.24) is 4.98 Å². The van der Waals surface area contributed by atoms with E-state index in [-0.39, 0.29) is 17.9 Å². The number of pyridine rings is 1. The van der Waals surface area contributed by atoms with Gasteiger partial charge in [-0.15, -0.1) is 0 Å². The quantitative estimate of drug-likeness (QED) is 0.808. The lowest BCUT2D eigenvalue weighted by atomic mass is 10.0. The summed E-state index contributed by atoms with van der Waals surface area (Å²) in [4.78, 5) is 15.8. The largest absolute Gasteiger partial charge is 0.379 e. The van der Waals surface area contributed by atoms with Crippen molar-refractivity contribution in [3.8, 4) is 0 Å². The van der Waals surface area contributed by atoms with Crippen molar-refractivity contribution in [2.75, 3.05) is 18.5 Å². The van der Waals surface area contributed by atoms with E-state index in [2.05, 4.69) is 26.2 Å². The number of hydrogen-bond acceptors (Lipinski definition) is 4. The van der Waals surface area contributed by atoms with Crippen LogP contribution in [0.3, 0.4) is 0 Å². The van der Waals surface area contributed by atoms with Crippen LogP contribution in [-0.2, 0) is 9.53 Å². The lowest BCUT2D eigenvalue weighted by Gasteiger charge is -2.13. The molecule has 0 aromatic carbocycles. The molecule has 17 heavy (non-hydrogen) atoms. The number of nitrogens with two attached hydrogens (primary N) is 1. The molecule has 92 valence electrons. The van der Waals surface area contributed by atoms with E-state index in [4.69, 9.17) is 22.1 Å². The summed E-state index contributed by atoms with van der Waals surface area (Å²) < 4.78 is 5.77. The molecule has 2 heterocycles. The van der Waals surface area contributed by atoms with Crippen molar-refractivity contribution >= 4 is 39.1 Å². The van der Waals surface area contributed by atoms with Crippen LogP contribution < -0.4 is 11.1 Å². The SMILES string of the molecule is NC1COCC1C(=O)Nc1cnc(Cl)c(Br)c1. The maximum atomic E-state index is 11.9. The Kier molecular flexibility index (Phi) is 3.98. The Morgan fingerprint density at radius 1 is 1.65 bits per heavy atom. The highest BCUT2D eigenvalue weighted by atomic mass is 79.9. The summed E-state index contributed by atoms with van der Waals surface area (Å²) in [5.41, 5.74) is 6.33. The fourth-order valence-electron chi connectivity index (χ4n) is 1.57. The molecule has 1 aliphatic rings. The van der Waals surface area contributed by atoms with Crippen molar-refractivity contribution in [2.24, 2.45) is 11.7 Å². The van der Waals surface area contributed by atoms with Crippen LogP contribution in [0.25, 0.3) is 0 Å². The average Bonchev–Trinajstić information content (AvgIpc) is 2.70. The molecule has 2 rings (SSSR count). The van der Waals surface area contributed by atoms with Gasteiger partial charge < -0.3 is 15.8 Å². The molecule has 1 aromatic heterocycles. The number of carbonyl (C=O) groups is 1. The van der Waals surface area contributed by atoms with Gasteiger partial charge in [-0.25, -0.2) is 4.98 Å². The first-order chi connectivity index (χ1) is 8.08. The Balaban J connectivity index is 2.05. The van der Waals surface area contributed by atoms with Gasteiger partial charge in [0.25, 0.3) is 0 Å². The molecule has 1 aromatic rings. The van der Waals surface area contributed by atoms with Gasteiger partial charge in [-0.1, -0.05) is 11.6 Å². The molecular weight excluding hydrogens is 309 g/mol. The summed E-state index contributed by atoms with van der Waals surface area (Å²) in [5, 5.41) is 3.08. The van der Waals surface area contributed by atoms with Gasteiger partial charge in [0.15, 0.2) is 0 Å². The number of nitrogens with zero attached hydrogens (tertiary/aromatic N) is 1. The molecule has 1 amide bonds. The second kappa shape index (κ2) is 5.30. The first-order valence-electron chi connectivity index (χ1n) is 5.03. The van der Waals surface area contributed by atoms with Gasteiger partial charge >= 0.3 is 0 Å². The van der Waals surface area contributed by atoms with Gasteiger partial charge in [0.2, 0.25) is 5.91 Å². The molecular formula is C10H11BrClN3O2. The Labute approximate surface area is 112 Å². The van der Waals surface area contributed by atoms with Crippen LogP contribution >= 0.6 is 27.5 Å². The lowest BCUT2D eigenvalue weighted by Crippen LogP contribution is -2.37. The van der Waals surface area contributed by atoms with E-state index in [1.807, 2.05) is 0 Å². The summed E-state index contributed by atoms with van der Waals surface area (Å²) in [5.74, 6) is -0.476. The fourth-order valence-corrected chi connectivity index (χ4v) is 2.02. The second-order valence-corrected chi connectivity index (χ2v) is 5.01. The molecule has 5 nitrogen and oxygen atoms in total. The summed E-state index contributed by atoms with van der Waals surface area (Å²) >= 11 is 8.99. The number of halogens is 2. The minimum absolute atomic E-state index is 0.161. The molecule has 1 saturated heterocycles. The molecule has 2 unspecified atom stereocenters. The number of anilines is 1. The van der Waals surface area contributed by atoms with Crippen LogP contribution in [0.2, 0.25) is 5.15 Å². The number of aromatic nitrogens is 1. The third kappa shape index (κ3) is 2.95. The van der Waals surface area contributed by atoms with Gasteiger partial charge in [-0.05, 0) is 22.0 Å². The number of hydrogen-bond donors (Lipinski definition) is 2. The Morgan fingerprint density at radius 3 is 3.00 bits per heavy atom. The zero-order chi connectivity index (χ0) is 12.4. The first kappa shape index (κ1) is 12.8. The van der Waals surface area contributed by atoms with Gasteiger partial charge in [-0.2, -0.15) is 0 Å². The number of ether oxygens (including phenoxy) is 1. The van der Waals surface area contributed by atoms with E-state index in [1.54, 1.807) is 6.07 Å². The number of rotatable bonds is 2. The van der Waals surface area contributed by atoms with Crippen molar-refractivity contribution in [1.29, 1.82) is 0 Å². The Morgan fingerprint density at radius 2 is 2.41 bits per heavy atom. The van der Waals surface area contributed by atoms with E-state index in [0.29, 0.717) is 28.5 Å².